The van der Waals surface area contributed by atoms with Crippen molar-refractivity contribution in [2.45, 2.75) is 59.8 Å². The first kappa shape index (κ1) is 17.0. The third kappa shape index (κ3) is 3.48. The van der Waals surface area contributed by atoms with Crippen molar-refractivity contribution >= 4 is 5.57 Å². The Hall–Kier alpha value is -1.82. The van der Waals surface area contributed by atoms with E-state index < -0.39 is 0 Å². The van der Waals surface area contributed by atoms with Gasteiger partial charge in [-0.1, -0.05) is 95.7 Å². The summed E-state index contributed by atoms with van der Waals surface area (Å²) in [6.07, 6.45) is 11.4. The molecule has 0 aromatic heterocycles. The van der Waals surface area contributed by atoms with Crippen LogP contribution in [0.4, 0.5) is 0 Å². The molecule has 24 heavy (non-hydrogen) atoms. The second-order valence-electron chi connectivity index (χ2n) is 9.20. The molecular formula is C24H30. The van der Waals surface area contributed by atoms with Crippen LogP contribution in [0.2, 0.25) is 0 Å². The van der Waals surface area contributed by atoms with E-state index in [0.717, 1.165) is 12.8 Å². The van der Waals surface area contributed by atoms with Gasteiger partial charge in [0.2, 0.25) is 0 Å². The summed E-state index contributed by atoms with van der Waals surface area (Å²) in [4.78, 5) is 0. The topological polar surface area (TPSA) is 0 Å². The fourth-order valence-electron chi connectivity index (χ4n) is 3.39. The molecule has 0 radical (unpaired) electrons. The van der Waals surface area contributed by atoms with Gasteiger partial charge < -0.3 is 0 Å². The summed E-state index contributed by atoms with van der Waals surface area (Å²) in [7, 11) is 0. The monoisotopic (exact) mass is 318 g/mol. The molecule has 0 saturated heterocycles. The van der Waals surface area contributed by atoms with Gasteiger partial charge in [-0.15, -0.1) is 0 Å². The third-order valence-corrected chi connectivity index (χ3v) is 5.23. The quantitative estimate of drug-likeness (QED) is 0.550. The summed E-state index contributed by atoms with van der Waals surface area (Å²) in [5.41, 5.74) is 9.22. The maximum atomic E-state index is 2.33. The molecule has 0 bridgehead atoms. The highest BCUT2D eigenvalue weighted by atomic mass is 14.3. The highest BCUT2D eigenvalue weighted by Crippen LogP contribution is 2.41. The summed E-state index contributed by atoms with van der Waals surface area (Å²) < 4.78 is 0. The SMILES string of the molecule is CC(C)(C)C1=CC=C(C2=CC=C(c3ccc(C(C)(C)C)cc3)C2)C1. The molecule has 0 saturated carbocycles. The largest absolute Gasteiger partial charge is 0.0619 e. The minimum absolute atomic E-state index is 0.218. The van der Waals surface area contributed by atoms with Crippen LogP contribution in [0.3, 0.4) is 0 Å². The van der Waals surface area contributed by atoms with Crippen molar-refractivity contribution in [3.63, 3.8) is 0 Å². The van der Waals surface area contributed by atoms with E-state index in [1.165, 1.54) is 27.8 Å². The Morgan fingerprint density at radius 1 is 0.583 bits per heavy atom. The molecular weight excluding hydrogens is 288 g/mol. The second kappa shape index (κ2) is 5.92. The highest BCUT2D eigenvalue weighted by molar-refractivity contribution is 5.75. The molecule has 3 rings (SSSR count). The molecule has 0 aliphatic heterocycles. The van der Waals surface area contributed by atoms with Crippen LogP contribution < -0.4 is 0 Å². The van der Waals surface area contributed by atoms with Gasteiger partial charge in [-0.25, -0.2) is 0 Å². The molecule has 0 unspecified atom stereocenters. The summed E-state index contributed by atoms with van der Waals surface area (Å²) in [5.74, 6) is 0. The van der Waals surface area contributed by atoms with Crippen LogP contribution in [0.1, 0.15) is 65.5 Å². The average Bonchev–Trinajstić information content (AvgIpc) is 3.15. The second-order valence-corrected chi connectivity index (χ2v) is 9.20. The van der Waals surface area contributed by atoms with E-state index in [1.807, 2.05) is 0 Å². The minimum Gasteiger partial charge on any atom is -0.0619 e. The van der Waals surface area contributed by atoms with Gasteiger partial charge in [0, 0.05) is 0 Å². The summed E-state index contributed by atoms with van der Waals surface area (Å²) >= 11 is 0. The van der Waals surface area contributed by atoms with Crippen LogP contribution in [0, 0.1) is 5.41 Å². The molecule has 0 amide bonds. The van der Waals surface area contributed by atoms with E-state index in [9.17, 15) is 0 Å². The van der Waals surface area contributed by atoms with Gasteiger partial charge in [-0.2, -0.15) is 0 Å². The van der Waals surface area contributed by atoms with Crippen LogP contribution in [0.15, 0.2) is 65.3 Å². The molecule has 2 aliphatic carbocycles. The van der Waals surface area contributed by atoms with Crippen molar-refractivity contribution in [3.05, 3.63) is 76.4 Å². The summed E-state index contributed by atoms with van der Waals surface area (Å²) in [6.45, 7) is 13.7. The first-order valence-electron chi connectivity index (χ1n) is 9.06. The van der Waals surface area contributed by atoms with Crippen LogP contribution in [0.5, 0.6) is 0 Å². The first-order valence-corrected chi connectivity index (χ1v) is 9.06. The number of rotatable bonds is 2. The van der Waals surface area contributed by atoms with Gasteiger partial charge in [0.25, 0.3) is 0 Å². The number of allylic oxidation sites excluding steroid dienone is 8. The Morgan fingerprint density at radius 2 is 1.12 bits per heavy atom. The van der Waals surface area contributed by atoms with Gasteiger partial charge >= 0.3 is 0 Å². The van der Waals surface area contributed by atoms with Crippen LogP contribution in [-0.4, -0.2) is 0 Å². The molecule has 1 aromatic rings. The normalized spacial score (nSPS) is 18.2. The predicted octanol–water partition coefficient (Wildman–Crippen LogP) is 7.00. The Balaban J connectivity index is 1.66. The lowest BCUT2D eigenvalue weighted by molar-refractivity contribution is 0.494. The van der Waals surface area contributed by atoms with Crippen molar-refractivity contribution in [1.29, 1.82) is 0 Å². The maximum Gasteiger partial charge on any atom is -0.00170 e. The van der Waals surface area contributed by atoms with Crippen LogP contribution >= 0.6 is 0 Å². The zero-order chi connectivity index (χ0) is 17.5. The smallest absolute Gasteiger partial charge is 0.00170 e. The lowest BCUT2D eigenvalue weighted by atomic mass is 9.84. The lowest BCUT2D eigenvalue weighted by Gasteiger charge is -2.21. The molecule has 0 heteroatoms. The van der Waals surface area contributed by atoms with Gasteiger partial charge in [-0.05, 0) is 51.5 Å². The molecule has 0 fully saturated rings. The summed E-state index contributed by atoms with van der Waals surface area (Å²) in [6, 6.07) is 9.13. The Morgan fingerprint density at radius 3 is 1.67 bits per heavy atom. The number of benzene rings is 1. The van der Waals surface area contributed by atoms with E-state index in [0.29, 0.717) is 0 Å². The van der Waals surface area contributed by atoms with Crippen molar-refractivity contribution < 1.29 is 0 Å². The third-order valence-electron chi connectivity index (χ3n) is 5.23. The zero-order valence-corrected chi connectivity index (χ0v) is 16.0. The fourth-order valence-corrected chi connectivity index (χ4v) is 3.39. The molecule has 0 N–H and O–H groups in total. The van der Waals surface area contributed by atoms with Crippen LogP contribution in [0.25, 0.3) is 5.57 Å². The zero-order valence-electron chi connectivity index (χ0n) is 16.0. The average molecular weight is 319 g/mol. The van der Waals surface area contributed by atoms with E-state index in [1.54, 1.807) is 5.57 Å². The Labute approximate surface area is 147 Å². The van der Waals surface area contributed by atoms with E-state index in [2.05, 4.69) is 90.1 Å². The first-order chi connectivity index (χ1) is 11.1. The van der Waals surface area contributed by atoms with Crippen LogP contribution in [-0.2, 0) is 5.41 Å². The van der Waals surface area contributed by atoms with Gasteiger partial charge in [-0.3, -0.25) is 0 Å². The molecule has 0 nitrogen and oxygen atoms in total. The van der Waals surface area contributed by atoms with Crippen molar-refractivity contribution in [2.24, 2.45) is 5.41 Å². The van der Waals surface area contributed by atoms with Crippen molar-refractivity contribution in [2.75, 3.05) is 0 Å². The van der Waals surface area contributed by atoms with Crippen molar-refractivity contribution in [1.82, 2.24) is 0 Å². The lowest BCUT2D eigenvalue weighted by Crippen LogP contribution is -2.10. The number of hydrogen-bond acceptors (Lipinski definition) is 0. The van der Waals surface area contributed by atoms with Gasteiger partial charge in [0.05, 0.1) is 0 Å². The van der Waals surface area contributed by atoms with Crippen molar-refractivity contribution in [3.8, 4) is 0 Å². The summed E-state index contributed by atoms with van der Waals surface area (Å²) in [5, 5.41) is 0. The fraction of sp³-hybridized carbons (Fsp3) is 0.417. The van der Waals surface area contributed by atoms with E-state index >= 15 is 0 Å². The molecule has 0 heterocycles. The highest BCUT2D eigenvalue weighted by Gasteiger charge is 2.23. The molecule has 1 aromatic carbocycles. The molecule has 126 valence electrons. The maximum absolute atomic E-state index is 2.33. The Bertz CT molecular complexity index is 748. The minimum atomic E-state index is 0.218. The van der Waals surface area contributed by atoms with Gasteiger partial charge in [0.1, 0.15) is 0 Å². The van der Waals surface area contributed by atoms with Gasteiger partial charge in [0.15, 0.2) is 0 Å². The molecule has 0 atom stereocenters. The van der Waals surface area contributed by atoms with E-state index in [-0.39, 0.29) is 10.8 Å². The molecule has 0 spiro atoms. The standard InChI is InChI=1S/C24H30/c1-23(2,3)21-12-9-17(10-13-21)18-7-8-19(15-18)20-11-14-22(16-20)24(4,5)6/h7-14H,15-16H2,1-6H3. The predicted molar refractivity (Wildman–Crippen MR) is 106 cm³/mol. The Kier molecular flexibility index (Phi) is 4.20. The molecule has 2 aliphatic rings. The number of hydrogen-bond donors (Lipinski definition) is 0. The van der Waals surface area contributed by atoms with E-state index in [4.69, 9.17) is 0 Å².